The van der Waals surface area contributed by atoms with Gasteiger partial charge in [0, 0.05) is 30.3 Å². The number of hydrogen-bond donors (Lipinski definition) is 2. The Bertz CT molecular complexity index is 532. The standard InChI is InChI=1S/C14H17FN2O2/c1-8-4-12-13-9(2-3-17(12)7-8)5-10(6-11(13)15)14(18)16-19/h5-6,8,12,19H,2-4,7H2,1H3,(H,16,18)/t8-,12+/m0/s1. The van der Waals surface area contributed by atoms with Crippen molar-refractivity contribution in [1.29, 1.82) is 0 Å². The van der Waals surface area contributed by atoms with Crippen LogP contribution in [0.5, 0.6) is 0 Å². The molecule has 4 nitrogen and oxygen atoms in total. The molecule has 1 aromatic rings. The molecule has 0 spiro atoms. The third kappa shape index (κ3) is 2.03. The molecule has 0 unspecified atom stereocenters. The maximum atomic E-state index is 14.3. The monoisotopic (exact) mass is 264 g/mol. The van der Waals surface area contributed by atoms with Gasteiger partial charge in [0.1, 0.15) is 5.82 Å². The van der Waals surface area contributed by atoms with Crippen LogP contribution < -0.4 is 5.48 Å². The molecule has 0 bridgehead atoms. The fourth-order valence-electron chi connectivity index (χ4n) is 3.39. The number of benzene rings is 1. The molecule has 19 heavy (non-hydrogen) atoms. The maximum absolute atomic E-state index is 14.3. The maximum Gasteiger partial charge on any atom is 0.274 e. The van der Waals surface area contributed by atoms with E-state index in [1.807, 2.05) is 0 Å². The van der Waals surface area contributed by atoms with Crippen molar-refractivity contribution in [2.24, 2.45) is 5.92 Å². The second kappa shape index (κ2) is 4.58. The van der Waals surface area contributed by atoms with Crippen molar-refractivity contribution in [3.63, 3.8) is 0 Å². The summed E-state index contributed by atoms with van der Waals surface area (Å²) >= 11 is 0. The van der Waals surface area contributed by atoms with E-state index in [9.17, 15) is 9.18 Å². The van der Waals surface area contributed by atoms with Crippen molar-refractivity contribution in [2.75, 3.05) is 13.1 Å². The Morgan fingerprint density at radius 3 is 3.05 bits per heavy atom. The lowest BCUT2D eigenvalue weighted by Gasteiger charge is -2.32. The number of amides is 1. The highest BCUT2D eigenvalue weighted by Gasteiger charge is 2.36. The van der Waals surface area contributed by atoms with E-state index < -0.39 is 5.91 Å². The smallest absolute Gasteiger partial charge is 0.274 e. The van der Waals surface area contributed by atoms with Crippen molar-refractivity contribution in [1.82, 2.24) is 10.4 Å². The summed E-state index contributed by atoms with van der Waals surface area (Å²) in [4.78, 5) is 13.7. The van der Waals surface area contributed by atoms with Crippen LogP contribution in [0.4, 0.5) is 4.39 Å². The van der Waals surface area contributed by atoms with Crippen molar-refractivity contribution in [3.8, 4) is 0 Å². The fourth-order valence-corrected chi connectivity index (χ4v) is 3.39. The Kier molecular flexibility index (Phi) is 3.03. The molecule has 2 aliphatic rings. The lowest BCUT2D eigenvalue weighted by atomic mass is 9.89. The van der Waals surface area contributed by atoms with Gasteiger partial charge in [-0.05, 0) is 36.5 Å². The van der Waals surface area contributed by atoms with Gasteiger partial charge in [0.05, 0.1) is 0 Å². The predicted octanol–water partition coefficient (Wildman–Crippen LogP) is 1.88. The minimum atomic E-state index is -0.663. The van der Waals surface area contributed by atoms with E-state index in [2.05, 4.69) is 11.8 Å². The second-order valence-corrected chi connectivity index (χ2v) is 5.57. The normalized spacial score (nSPS) is 25.8. The molecule has 2 aliphatic heterocycles. The summed E-state index contributed by atoms with van der Waals surface area (Å²) in [5.74, 6) is -0.417. The number of nitrogens with one attached hydrogen (secondary N) is 1. The molecular weight excluding hydrogens is 247 g/mol. The Balaban J connectivity index is 2.03. The van der Waals surface area contributed by atoms with E-state index in [1.54, 1.807) is 11.5 Å². The summed E-state index contributed by atoms with van der Waals surface area (Å²) in [5, 5.41) is 8.64. The molecule has 2 atom stereocenters. The van der Waals surface area contributed by atoms with Crippen LogP contribution in [0.1, 0.15) is 40.9 Å². The minimum absolute atomic E-state index is 0.144. The summed E-state index contributed by atoms with van der Waals surface area (Å²) in [5.41, 5.74) is 3.37. The molecule has 1 aromatic carbocycles. The van der Waals surface area contributed by atoms with E-state index >= 15 is 0 Å². The van der Waals surface area contributed by atoms with Gasteiger partial charge in [-0.1, -0.05) is 6.92 Å². The summed E-state index contributed by atoms with van der Waals surface area (Å²) < 4.78 is 14.3. The van der Waals surface area contributed by atoms with Crippen LogP contribution in [-0.4, -0.2) is 29.1 Å². The Hall–Kier alpha value is -1.46. The first-order valence-corrected chi connectivity index (χ1v) is 6.61. The summed E-state index contributed by atoms with van der Waals surface area (Å²) in [7, 11) is 0. The molecule has 1 saturated heterocycles. The van der Waals surface area contributed by atoms with Gasteiger partial charge in [0.25, 0.3) is 5.91 Å². The second-order valence-electron chi connectivity index (χ2n) is 5.57. The van der Waals surface area contributed by atoms with E-state index in [4.69, 9.17) is 5.21 Å². The number of hydroxylamine groups is 1. The van der Waals surface area contributed by atoms with Gasteiger partial charge in [-0.3, -0.25) is 14.9 Å². The van der Waals surface area contributed by atoms with Gasteiger partial charge < -0.3 is 0 Å². The van der Waals surface area contributed by atoms with Gasteiger partial charge in [0.15, 0.2) is 0 Å². The van der Waals surface area contributed by atoms with Crippen LogP contribution in [-0.2, 0) is 6.42 Å². The first kappa shape index (κ1) is 12.6. The molecule has 102 valence electrons. The average molecular weight is 264 g/mol. The van der Waals surface area contributed by atoms with Gasteiger partial charge >= 0.3 is 0 Å². The van der Waals surface area contributed by atoms with Crippen LogP contribution in [0.15, 0.2) is 12.1 Å². The lowest BCUT2D eigenvalue weighted by Crippen LogP contribution is -2.32. The highest BCUT2D eigenvalue weighted by Crippen LogP contribution is 2.41. The SMILES string of the molecule is C[C@H]1C[C@@H]2c3c(F)cc(C(=O)NO)cc3CCN2C1. The molecular formula is C14H17FN2O2. The quantitative estimate of drug-likeness (QED) is 0.601. The first-order chi connectivity index (χ1) is 9.10. The van der Waals surface area contributed by atoms with Crippen molar-refractivity contribution in [3.05, 3.63) is 34.6 Å². The zero-order chi connectivity index (χ0) is 13.6. The molecule has 0 radical (unpaired) electrons. The van der Waals surface area contributed by atoms with Gasteiger partial charge in [-0.2, -0.15) is 0 Å². The molecule has 2 N–H and O–H groups in total. The highest BCUT2D eigenvalue weighted by atomic mass is 19.1. The van der Waals surface area contributed by atoms with Gasteiger partial charge in [0.2, 0.25) is 0 Å². The highest BCUT2D eigenvalue weighted by molar-refractivity contribution is 5.93. The zero-order valence-corrected chi connectivity index (χ0v) is 10.8. The Morgan fingerprint density at radius 2 is 2.32 bits per heavy atom. The van der Waals surface area contributed by atoms with Crippen LogP contribution in [0.25, 0.3) is 0 Å². The van der Waals surface area contributed by atoms with Gasteiger partial charge in [-0.25, -0.2) is 9.87 Å². The number of carbonyl (C=O) groups is 1. The largest absolute Gasteiger partial charge is 0.296 e. The number of fused-ring (bicyclic) bond motifs is 3. The third-order valence-electron chi connectivity index (χ3n) is 4.19. The molecule has 1 fully saturated rings. The molecule has 0 aromatic heterocycles. The number of nitrogens with zero attached hydrogens (tertiary/aromatic N) is 1. The van der Waals surface area contributed by atoms with Gasteiger partial charge in [-0.15, -0.1) is 0 Å². The van der Waals surface area contributed by atoms with Crippen molar-refractivity contribution < 1.29 is 14.4 Å². The minimum Gasteiger partial charge on any atom is -0.296 e. The molecule has 1 amide bonds. The summed E-state index contributed by atoms with van der Waals surface area (Å²) in [6.07, 6.45) is 1.72. The molecule has 0 aliphatic carbocycles. The Labute approximate surface area is 111 Å². The topological polar surface area (TPSA) is 52.6 Å². The fraction of sp³-hybridized carbons (Fsp3) is 0.500. The lowest BCUT2D eigenvalue weighted by molar-refractivity contribution is 0.0705. The molecule has 0 saturated carbocycles. The van der Waals surface area contributed by atoms with Crippen molar-refractivity contribution in [2.45, 2.75) is 25.8 Å². The van der Waals surface area contributed by atoms with E-state index in [-0.39, 0.29) is 17.4 Å². The molecule has 5 heteroatoms. The predicted molar refractivity (Wildman–Crippen MR) is 67.5 cm³/mol. The zero-order valence-electron chi connectivity index (χ0n) is 10.8. The summed E-state index contributed by atoms with van der Waals surface area (Å²) in [6, 6.07) is 3.06. The molecule has 2 heterocycles. The third-order valence-corrected chi connectivity index (χ3v) is 4.19. The van der Waals surface area contributed by atoms with Crippen LogP contribution in [0, 0.1) is 11.7 Å². The number of hydrogen-bond acceptors (Lipinski definition) is 3. The summed E-state index contributed by atoms with van der Waals surface area (Å²) in [6.45, 7) is 4.11. The van der Waals surface area contributed by atoms with Crippen LogP contribution >= 0.6 is 0 Å². The van der Waals surface area contributed by atoms with E-state index in [0.29, 0.717) is 5.92 Å². The van der Waals surface area contributed by atoms with Crippen LogP contribution in [0.3, 0.4) is 0 Å². The van der Waals surface area contributed by atoms with Crippen molar-refractivity contribution >= 4 is 5.91 Å². The first-order valence-electron chi connectivity index (χ1n) is 6.61. The number of rotatable bonds is 1. The molecule has 3 rings (SSSR count). The van der Waals surface area contributed by atoms with Crippen LogP contribution in [0.2, 0.25) is 0 Å². The van der Waals surface area contributed by atoms with E-state index in [0.717, 1.165) is 37.1 Å². The van der Waals surface area contributed by atoms with E-state index in [1.165, 1.54) is 6.07 Å². The number of halogens is 1. The Morgan fingerprint density at radius 1 is 1.53 bits per heavy atom. The average Bonchev–Trinajstić information content (AvgIpc) is 2.77. The number of carbonyl (C=O) groups excluding carboxylic acids is 1.